The van der Waals surface area contributed by atoms with E-state index in [1.54, 1.807) is 10.6 Å². The quantitative estimate of drug-likeness (QED) is 0.689. The molecule has 0 saturated carbocycles. The van der Waals surface area contributed by atoms with Gasteiger partial charge in [0.25, 0.3) is 0 Å². The summed E-state index contributed by atoms with van der Waals surface area (Å²) in [6.07, 6.45) is 3.68. The van der Waals surface area contributed by atoms with E-state index in [-0.39, 0.29) is 12.1 Å². The van der Waals surface area contributed by atoms with E-state index in [0.29, 0.717) is 27.9 Å². The highest BCUT2D eigenvalue weighted by Gasteiger charge is 2.15. The third kappa shape index (κ3) is 2.29. The van der Waals surface area contributed by atoms with Crippen molar-refractivity contribution >= 4 is 28.9 Å². The third-order valence-electron chi connectivity index (χ3n) is 3.23. The Hall–Kier alpha value is -2.27. The number of carbonyl (C=O) groups excluding carboxylic acids is 1. The Morgan fingerprint density at radius 2 is 2.10 bits per heavy atom. The van der Waals surface area contributed by atoms with Gasteiger partial charge in [0.2, 0.25) is 0 Å². The topological polar surface area (TPSA) is 34.9 Å². The van der Waals surface area contributed by atoms with Crippen LogP contribution in [0.2, 0.25) is 5.02 Å². The molecule has 3 nitrogen and oxygen atoms in total. The Kier molecular flexibility index (Phi) is 3.43. The second-order valence-corrected chi connectivity index (χ2v) is 4.94. The molecule has 2 aromatic heterocycles. The fourth-order valence-electron chi connectivity index (χ4n) is 2.27. The van der Waals surface area contributed by atoms with Crippen molar-refractivity contribution in [3.8, 4) is 0 Å². The van der Waals surface area contributed by atoms with Gasteiger partial charge in [-0.15, -0.1) is 0 Å². The van der Waals surface area contributed by atoms with Crippen molar-refractivity contribution in [2.24, 2.45) is 0 Å². The predicted molar refractivity (Wildman–Crippen MR) is 75.6 cm³/mol. The molecule has 0 N–H and O–H groups in total. The molecule has 0 aliphatic carbocycles. The number of aldehydes is 1. The van der Waals surface area contributed by atoms with Gasteiger partial charge in [-0.3, -0.25) is 9.78 Å². The molecule has 0 spiro atoms. The first-order valence-electron chi connectivity index (χ1n) is 6.13. The maximum Gasteiger partial charge on any atom is 0.163 e. The molecule has 0 aliphatic rings. The van der Waals surface area contributed by atoms with Crippen LogP contribution in [0.3, 0.4) is 0 Å². The van der Waals surface area contributed by atoms with Crippen LogP contribution in [-0.2, 0) is 6.54 Å². The molecule has 0 amide bonds. The predicted octanol–water partition coefficient (Wildman–Crippen LogP) is 3.83. The number of benzene rings is 1. The van der Waals surface area contributed by atoms with Gasteiger partial charge in [0.15, 0.2) is 17.9 Å². The van der Waals surface area contributed by atoms with Crippen LogP contribution in [0.1, 0.15) is 15.9 Å². The van der Waals surface area contributed by atoms with Crippen LogP contribution in [-0.4, -0.2) is 15.8 Å². The summed E-state index contributed by atoms with van der Waals surface area (Å²) >= 11 is 6.13. The minimum absolute atomic E-state index is 0.0549. The zero-order valence-electron chi connectivity index (χ0n) is 10.7. The fourth-order valence-corrected chi connectivity index (χ4v) is 2.53. The lowest BCUT2D eigenvalue weighted by Crippen LogP contribution is -2.02. The smallest absolute Gasteiger partial charge is 0.163 e. The van der Waals surface area contributed by atoms with Gasteiger partial charge in [-0.2, -0.15) is 0 Å². The maximum atomic E-state index is 13.8. The van der Waals surface area contributed by atoms with E-state index in [9.17, 15) is 13.6 Å². The molecule has 0 unspecified atom stereocenters. The summed E-state index contributed by atoms with van der Waals surface area (Å²) in [5.41, 5.74) is 1.48. The van der Waals surface area contributed by atoms with E-state index in [1.807, 2.05) is 0 Å². The minimum Gasteiger partial charge on any atom is -0.340 e. The summed E-state index contributed by atoms with van der Waals surface area (Å²) in [6.45, 7) is 0.0549. The Morgan fingerprint density at radius 1 is 1.29 bits per heavy atom. The number of aromatic nitrogens is 2. The summed E-state index contributed by atoms with van der Waals surface area (Å²) in [6, 6.07) is 5.55. The molecule has 0 bridgehead atoms. The normalized spacial score (nSPS) is 11.0. The number of pyridine rings is 1. The van der Waals surface area contributed by atoms with Gasteiger partial charge in [0.05, 0.1) is 22.6 Å². The standard InChI is InChI=1S/C15H9ClF2N2O/c16-11-4-5-19-14-10(8-21)7-20(15(11)14)6-9-2-1-3-12(17)13(9)18/h1-5,7-8H,6H2. The van der Waals surface area contributed by atoms with Crippen molar-refractivity contribution in [1.82, 2.24) is 9.55 Å². The van der Waals surface area contributed by atoms with Crippen LogP contribution in [0, 0.1) is 11.6 Å². The lowest BCUT2D eigenvalue weighted by molar-refractivity contribution is 0.112. The largest absolute Gasteiger partial charge is 0.340 e. The molecule has 3 rings (SSSR count). The highest BCUT2D eigenvalue weighted by molar-refractivity contribution is 6.35. The van der Waals surface area contributed by atoms with Crippen LogP contribution in [0.5, 0.6) is 0 Å². The molecular formula is C15H9ClF2N2O. The molecule has 0 atom stereocenters. The second kappa shape index (κ2) is 5.26. The first-order valence-corrected chi connectivity index (χ1v) is 6.51. The maximum absolute atomic E-state index is 13.8. The molecule has 21 heavy (non-hydrogen) atoms. The number of fused-ring (bicyclic) bond motifs is 1. The van der Waals surface area contributed by atoms with Crippen molar-refractivity contribution < 1.29 is 13.6 Å². The first-order chi connectivity index (χ1) is 10.1. The van der Waals surface area contributed by atoms with Crippen molar-refractivity contribution in [3.63, 3.8) is 0 Å². The van der Waals surface area contributed by atoms with Gasteiger partial charge in [-0.1, -0.05) is 23.7 Å². The summed E-state index contributed by atoms with van der Waals surface area (Å²) in [7, 11) is 0. The third-order valence-corrected chi connectivity index (χ3v) is 3.53. The molecule has 0 fully saturated rings. The highest BCUT2D eigenvalue weighted by Crippen LogP contribution is 2.26. The van der Waals surface area contributed by atoms with Crippen LogP contribution in [0.25, 0.3) is 11.0 Å². The Bertz CT molecular complexity index is 845. The van der Waals surface area contributed by atoms with Crippen LogP contribution < -0.4 is 0 Å². The number of halogens is 3. The van der Waals surface area contributed by atoms with Crippen LogP contribution >= 0.6 is 11.6 Å². The molecule has 6 heteroatoms. The Labute approximate surface area is 123 Å². The molecule has 0 aliphatic heterocycles. The van der Waals surface area contributed by atoms with Gasteiger partial charge < -0.3 is 4.57 Å². The molecule has 1 aromatic carbocycles. The van der Waals surface area contributed by atoms with Gasteiger partial charge >= 0.3 is 0 Å². The molecule has 2 heterocycles. The van der Waals surface area contributed by atoms with E-state index in [4.69, 9.17) is 11.6 Å². The monoisotopic (exact) mass is 306 g/mol. The Morgan fingerprint density at radius 3 is 2.86 bits per heavy atom. The van der Waals surface area contributed by atoms with Gasteiger partial charge in [-0.25, -0.2) is 8.78 Å². The fraction of sp³-hybridized carbons (Fsp3) is 0.0667. The van der Waals surface area contributed by atoms with Crippen molar-refractivity contribution in [2.75, 3.05) is 0 Å². The SMILES string of the molecule is O=Cc1cn(Cc2cccc(F)c2F)c2c(Cl)ccnc12. The number of hydrogen-bond donors (Lipinski definition) is 0. The van der Waals surface area contributed by atoms with E-state index in [0.717, 1.165) is 6.07 Å². The Balaban J connectivity index is 2.17. The van der Waals surface area contributed by atoms with Crippen LogP contribution in [0.15, 0.2) is 36.7 Å². The van der Waals surface area contributed by atoms with Crippen LogP contribution in [0.4, 0.5) is 8.78 Å². The molecule has 3 aromatic rings. The van der Waals surface area contributed by atoms with E-state index in [1.165, 1.54) is 24.5 Å². The molecular weight excluding hydrogens is 298 g/mol. The average Bonchev–Trinajstić information content (AvgIpc) is 2.83. The average molecular weight is 307 g/mol. The molecule has 0 radical (unpaired) electrons. The lowest BCUT2D eigenvalue weighted by atomic mass is 10.2. The molecule has 106 valence electrons. The van der Waals surface area contributed by atoms with Crippen molar-refractivity contribution in [3.05, 3.63) is 64.4 Å². The van der Waals surface area contributed by atoms with E-state index in [2.05, 4.69) is 4.98 Å². The van der Waals surface area contributed by atoms with Gasteiger partial charge in [0.1, 0.15) is 5.52 Å². The van der Waals surface area contributed by atoms with E-state index >= 15 is 0 Å². The summed E-state index contributed by atoms with van der Waals surface area (Å²) in [5, 5.41) is 0.393. The number of rotatable bonds is 3. The van der Waals surface area contributed by atoms with Crippen molar-refractivity contribution in [1.29, 1.82) is 0 Å². The zero-order valence-corrected chi connectivity index (χ0v) is 11.4. The van der Waals surface area contributed by atoms with Gasteiger partial charge in [0, 0.05) is 18.0 Å². The summed E-state index contributed by atoms with van der Waals surface area (Å²) in [5.74, 6) is -1.82. The first kappa shape index (κ1) is 13.7. The zero-order chi connectivity index (χ0) is 15.0. The number of carbonyl (C=O) groups is 1. The van der Waals surface area contributed by atoms with Crippen molar-refractivity contribution in [2.45, 2.75) is 6.54 Å². The lowest BCUT2D eigenvalue weighted by Gasteiger charge is -2.08. The van der Waals surface area contributed by atoms with E-state index < -0.39 is 11.6 Å². The molecule has 0 saturated heterocycles. The summed E-state index contributed by atoms with van der Waals surface area (Å²) in [4.78, 5) is 15.2. The number of hydrogen-bond acceptors (Lipinski definition) is 2. The van der Waals surface area contributed by atoms with Gasteiger partial charge in [-0.05, 0) is 12.1 Å². The highest BCUT2D eigenvalue weighted by atomic mass is 35.5. The minimum atomic E-state index is -0.913. The number of nitrogens with zero attached hydrogens (tertiary/aromatic N) is 2. The summed E-state index contributed by atoms with van der Waals surface area (Å²) < 4.78 is 28.6. The second-order valence-electron chi connectivity index (χ2n) is 4.53.